The van der Waals surface area contributed by atoms with Crippen molar-refractivity contribution in [1.82, 2.24) is 4.90 Å². The summed E-state index contributed by atoms with van der Waals surface area (Å²) in [6.45, 7) is 4.85. The Morgan fingerprint density at radius 1 is 1.33 bits per heavy atom. The minimum atomic E-state index is 0.242. The number of nitrogens with zero attached hydrogens (tertiary/aromatic N) is 1. The second kappa shape index (κ2) is 9.34. The Morgan fingerprint density at radius 3 is 2.67 bits per heavy atom. The molecule has 1 saturated carbocycles. The first kappa shape index (κ1) is 15.4. The molecule has 0 aromatic carbocycles. The van der Waals surface area contributed by atoms with E-state index in [2.05, 4.69) is 11.8 Å². The summed E-state index contributed by atoms with van der Waals surface area (Å²) >= 11 is 0. The Hall–Kier alpha value is -0.610. The molecule has 1 fully saturated rings. The number of nitrogens with two attached hydrogens (primary N) is 1. The van der Waals surface area contributed by atoms with Gasteiger partial charge in [-0.15, -0.1) is 0 Å². The van der Waals surface area contributed by atoms with Crippen molar-refractivity contribution in [3.05, 3.63) is 0 Å². The maximum absolute atomic E-state index is 12.2. The number of ether oxygens (including phenoxy) is 1. The smallest absolute Gasteiger partial charge is 0.225 e. The lowest BCUT2D eigenvalue weighted by Gasteiger charge is -2.29. The van der Waals surface area contributed by atoms with E-state index < -0.39 is 0 Å². The van der Waals surface area contributed by atoms with Gasteiger partial charge in [0.2, 0.25) is 5.91 Å². The Morgan fingerprint density at radius 2 is 2.06 bits per heavy atom. The van der Waals surface area contributed by atoms with Crippen molar-refractivity contribution in [3.63, 3.8) is 0 Å². The molecule has 1 aliphatic rings. The molecule has 0 radical (unpaired) electrons. The molecule has 18 heavy (non-hydrogen) atoms. The number of amides is 1. The molecule has 4 nitrogen and oxygen atoms in total. The van der Waals surface area contributed by atoms with E-state index >= 15 is 0 Å². The molecule has 0 spiro atoms. The SMILES string of the molecule is CCCOCCC(=O)N(CCCN)C1CCCC1. The van der Waals surface area contributed by atoms with Crippen LogP contribution >= 0.6 is 0 Å². The standard InChI is InChI=1S/C14H28N2O2/c1-2-11-18-12-8-14(17)16(10-5-9-15)13-6-3-4-7-13/h13H,2-12,15H2,1H3. The number of rotatable bonds is 9. The van der Waals surface area contributed by atoms with Crippen molar-refractivity contribution in [2.45, 2.75) is 57.9 Å². The summed E-state index contributed by atoms with van der Waals surface area (Å²) in [7, 11) is 0. The van der Waals surface area contributed by atoms with E-state index in [4.69, 9.17) is 10.5 Å². The number of hydrogen-bond donors (Lipinski definition) is 1. The summed E-state index contributed by atoms with van der Waals surface area (Å²) in [6.07, 6.45) is 7.25. The second-order valence-corrected chi connectivity index (χ2v) is 5.03. The summed E-state index contributed by atoms with van der Waals surface area (Å²) in [4.78, 5) is 14.3. The van der Waals surface area contributed by atoms with E-state index in [1.54, 1.807) is 0 Å². The summed E-state index contributed by atoms with van der Waals surface area (Å²) < 4.78 is 5.40. The minimum absolute atomic E-state index is 0.242. The largest absolute Gasteiger partial charge is 0.381 e. The molecule has 4 heteroatoms. The lowest BCUT2D eigenvalue weighted by atomic mass is 10.2. The van der Waals surface area contributed by atoms with Crippen molar-refractivity contribution in [2.75, 3.05) is 26.3 Å². The molecule has 1 rings (SSSR count). The van der Waals surface area contributed by atoms with E-state index in [0.717, 1.165) is 38.8 Å². The van der Waals surface area contributed by atoms with Gasteiger partial charge in [-0.25, -0.2) is 0 Å². The molecule has 1 amide bonds. The zero-order valence-corrected chi connectivity index (χ0v) is 11.7. The third-order valence-electron chi connectivity index (χ3n) is 3.50. The highest BCUT2D eigenvalue weighted by Crippen LogP contribution is 2.24. The van der Waals surface area contributed by atoms with Crippen LogP contribution in [0.4, 0.5) is 0 Å². The normalized spacial score (nSPS) is 16.1. The fourth-order valence-corrected chi connectivity index (χ4v) is 2.54. The van der Waals surface area contributed by atoms with Gasteiger partial charge in [0.25, 0.3) is 0 Å². The van der Waals surface area contributed by atoms with Gasteiger partial charge in [0.1, 0.15) is 0 Å². The molecule has 0 bridgehead atoms. The predicted molar refractivity (Wildman–Crippen MR) is 73.4 cm³/mol. The van der Waals surface area contributed by atoms with Gasteiger partial charge in [-0.1, -0.05) is 19.8 Å². The van der Waals surface area contributed by atoms with Crippen LogP contribution in [0.15, 0.2) is 0 Å². The van der Waals surface area contributed by atoms with Gasteiger partial charge >= 0.3 is 0 Å². The van der Waals surface area contributed by atoms with Gasteiger partial charge in [-0.2, -0.15) is 0 Å². The Labute approximate surface area is 111 Å². The van der Waals surface area contributed by atoms with Crippen LogP contribution in [0.2, 0.25) is 0 Å². The third-order valence-corrected chi connectivity index (χ3v) is 3.50. The molecule has 0 aliphatic heterocycles. The lowest BCUT2D eigenvalue weighted by molar-refractivity contribution is -0.134. The Bertz CT molecular complexity index is 228. The molecule has 0 atom stereocenters. The molecule has 0 aromatic heterocycles. The van der Waals surface area contributed by atoms with E-state index in [0.29, 0.717) is 25.6 Å². The average Bonchev–Trinajstić information content (AvgIpc) is 2.89. The molecule has 1 aliphatic carbocycles. The zero-order chi connectivity index (χ0) is 13.2. The first-order valence-electron chi connectivity index (χ1n) is 7.36. The first-order chi connectivity index (χ1) is 8.79. The van der Waals surface area contributed by atoms with E-state index in [-0.39, 0.29) is 5.91 Å². The zero-order valence-electron chi connectivity index (χ0n) is 11.7. The first-order valence-corrected chi connectivity index (χ1v) is 7.36. The van der Waals surface area contributed by atoms with Crippen molar-refractivity contribution in [1.29, 1.82) is 0 Å². The summed E-state index contributed by atoms with van der Waals surface area (Å²) in [5.74, 6) is 0.242. The molecule has 106 valence electrons. The van der Waals surface area contributed by atoms with Crippen LogP contribution in [-0.4, -0.2) is 43.2 Å². The third kappa shape index (κ3) is 5.36. The Balaban J connectivity index is 2.34. The van der Waals surface area contributed by atoms with Gasteiger partial charge in [-0.3, -0.25) is 4.79 Å². The lowest BCUT2D eigenvalue weighted by Crippen LogP contribution is -2.40. The number of carbonyl (C=O) groups is 1. The van der Waals surface area contributed by atoms with Crippen LogP contribution in [0.5, 0.6) is 0 Å². The van der Waals surface area contributed by atoms with E-state index in [1.165, 1.54) is 12.8 Å². The molecule has 2 N–H and O–H groups in total. The highest BCUT2D eigenvalue weighted by molar-refractivity contribution is 5.76. The van der Waals surface area contributed by atoms with Gasteiger partial charge < -0.3 is 15.4 Å². The van der Waals surface area contributed by atoms with Gasteiger partial charge in [0, 0.05) is 19.2 Å². The van der Waals surface area contributed by atoms with E-state index in [9.17, 15) is 4.79 Å². The summed E-state index contributed by atoms with van der Waals surface area (Å²) in [5.41, 5.74) is 5.55. The predicted octanol–water partition coefficient (Wildman–Crippen LogP) is 1.92. The van der Waals surface area contributed by atoms with Crippen LogP contribution in [0.1, 0.15) is 51.9 Å². The van der Waals surface area contributed by atoms with E-state index in [1.807, 2.05) is 0 Å². The summed E-state index contributed by atoms with van der Waals surface area (Å²) in [5, 5.41) is 0. The molecule has 0 aromatic rings. The average molecular weight is 256 g/mol. The van der Waals surface area contributed by atoms with Crippen molar-refractivity contribution >= 4 is 5.91 Å². The molecule has 0 unspecified atom stereocenters. The van der Waals surface area contributed by atoms with Gasteiger partial charge in [0.15, 0.2) is 0 Å². The minimum Gasteiger partial charge on any atom is -0.381 e. The van der Waals surface area contributed by atoms with Crippen molar-refractivity contribution in [3.8, 4) is 0 Å². The maximum atomic E-state index is 12.2. The highest BCUT2D eigenvalue weighted by atomic mass is 16.5. The van der Waals surface area contributed by atoms with Crippen molar-refractivity contribution < 1.29 is 9.53 Å². The van der Waals surface area contributed by atoms with Crippen LogP contribution in [0.25, 0.3) is 0 Å². The van der Waals surface area contributed by atoms with Crippen LogP contribution in [0.3, 0.4) is 0 Å². The van der Waals surface area contributed by atoms with Gasteiger partial charge in [0.05, 0.1) is 13.0 Å². The number of carbonyl (C=O) groups excluding carboxylic acids is 1. The quantitative estimate of drug-likeness (QED) is 0.641. The number of hydrogen-bond acceptors (Lipinski definition) is 3. The molecule has 0 heterocycles. The maximum Gasteiger partial charge on any atom is 0.225 e. The molecule has 0 saturated heterocycles. The Kier molecular flexibility index (Phi) is 8.01. The highest BCUT2D eigenvalue weighted by Gasteiger charge is 2.25. The fourth-order valence-electron chi connectivity index (χ4n) is 2.54. The van der Waals surface area contributed by atoms with Crippen LogP contribution < -0.4 is 5.73 Å². The topological polar surface area (TPSA) is 55.6 Å². The van der Waals surface area contributed by atoms with Crippen LogP contribution in [0, 0.1) is 0 Å². The second-order valence-electron chi connectivity index (χ2n) is 5.03. The molecular formula is C14H28N2O2. The van der Waals surface area contributed by atoms with Gasteiger partial charge in [-0.05, 0) is 32.2 Å². The molecular weight excluding hydrogens is 228 g/mol. The summed E-state index contributed by atoms with van der Waals surface area (Å²) in [6, 6.07) is 0.454. The van der Waals surface area contributed by atoms with Crippen molar-refractivity contribution in [2.24, 2.45) is 5.73 Å². The fraction of sp³-hybridized carbons (Fsp3) is 0.929. The van der Waals surface area contributed by atoms with Crippen LogP contribution in [-0.2, 0) is 9.53 Å². The monoisotopic (exact) mass is 256 g/mol.